The number of halogens is 5. The molecule has 17 heavy (non-hydrogen) atoms. The summed E-state index contributed by atoms with van der Waals surface area (Å²) >= 11 is 2.02. The Morgan fingerprint density at radius 2 is 1.76 bits per heavy atom. The summed E-state index contributed by atoms with van der Waals surface area (Å²) in [4.78, 5) is 0. The van der Waals surface area contributed by atoms with E-state index in [1.807, 2.05) is 22.6 Å². The fraction of sp³-hybridized carbons (Fsp3) is 0.455. The second-order valence-electron chi connectivity index (χ2n) is 3.43. The Morgan fingerprint density at radius 3 is 2.24 bits per heavy atom. The van der Waals surface area contributed by atoms with Crippen LogP contribution in [0.3, 0.4) is 0 Å². The van der Waals surface area contributed by atoms with Crippen molar-refractivity contribution >= 4 is 22.6 Å². The van der Waals surface area contributed by atoms with Crippen molar-refractivity contribution in [2.45, 2.75) is 18.7 Å². The first-order valence-electron chi connectivity index (χ1n) is 4.92. The van der Waals surface area contributed by atoms with Crippen molar-refractivity contribution < 1.29 is 22.3 Å². The molecule has 6 heteroatoms. The Labute approximate surface area is 110 Å². The van der Waals surface area contributed by atoms with Gasteiger partial charge in [-0.15, -0.1) is 0 Å². The van der Waals surface area contributed by atoms with Gasteiger partial charge < -0.3 is 4.74 Å². The Balaban J connectivity index is 2.51. The molecule has 0 aromatic heterocycles. The molecule has 0 amide bonds. The summed E-state index contributed by atoms with van der Waals surface area (Å²) in [6, 6.07) is 5.57. The number of rotatable bonds is 5. The molecule has 0 radical (unpaired) electrons. The van der Waals surface area contributed by atoms with Gasteiger partial charge in [0.05, 0.1) is 19.1 Å². The van der Waals surface area contributed by atoms with Gasteiger partial charge in [-0.1, -0.05) is 34.7 Å². The van der Waals surface area contributed by atoms with Crippen molar-refractivity contribution in [3.8, 4) is 0 Å². The first-order valence-corrected chi connectivity index (χ1v) is 6.44. The molecule has 0 saturated carbocycles. The van der Waals surface area contributed by atoms with E-state index in [-0.39, 0.29) is 12.4 Å². The Kier molecular flexibility index (Phi) is 5.64. The number of hydrogen-bond donors (Lipinski definition) is 0. The lowest BCUT2D eigenvalue weighted by Crippen LogP contribution is -2.14. The van der Waals surface area contributed by atoms with Gasteiger partial charge in [0.2, 0.25) is 0 Å². The minimum absolute atomic E-state index is 0.378. The third-order valence-electron chi connectivity index (χ3n) is 2.09. The molecule has 1 atom stereocenters. The summed E-state index contributed by atoms with van der Waals surface area (Å²) in [6.45, 7) is -0.380. The normalized spacial score (nSPS) is 13.7. The van der Waals surface area contributed by atoms with E-state index in [4.69, 9.17) is 4.74 Å². The summed E-state index contributed by atoms with van der Waals surface area (Å²) in [5.74, 6) is -0.378. The fourth-order valence-electron chi connectivity index (χ4n) is 1.22. The van der Waals surface area contributed by atoms with E-state index < -0.39 is 18.7 Å². The highest BCUT2D eigenvalue weighted by molar-refractivity contribution is 14.1. The molecule has 1 aromatic carbocycles. The molecule has 96 valence electrons. The van der Waals surface area contributed by atoms with Crippen LogP contribution >= 0.6 is 22.6 Å². The maximum atomic E-state index is 12.7. The van der Waals surface area contributed by atoms with Crippen LogP contribution in [-0.2, 0) is 4.74 Å². The average Bonchev–Trinajstić information content (AvgIpc) is 2.24. The Bertz CT molecular complexity index is 336. The highest BCUT2D eigenvalue weighted by atomic mass is 127. The van der Waals surface area contributed by atoms with Crippen LogP contribution in [0, 0.1) is 5.82 Å². The van der Waals surface area contributed by atoms with Crippen LogP contribution in [0.15, 0.2) is 24.3 Å². The Morgan fingerprint density at radius 1 is 1.18 bits per heavy atom. The maximum Gasteiger partial charge on any atom is 0.391 e. The van der Waals surface area contributed by atoms with Gasteiger partial charge in [-0.2, -0.15) is 13.2 Å². The van der Waals surface area contributed by atoms with E-state index in [0.717, 1.165) is 0 Å². The quantitative estimate of drug-likeness (QED) is 0.432. The van der Waals surface area contributed by atoms with Crippen molar-refractivity contribution in [3.63, 3.8) is 0 Å². The molecule has 0 saturated heterocycles. The lowest BCUT2D eigenvalue weighted by Gasteiger charge is -2.16. The van der Waals surface area contributed by atoms with Crippen LogP contribution in [0.1, 0.15) is 18.1 Å². The molecule has 0 aliphatic heterocycles. The second-order valence-corrected chi connectivity index (χ2v) is 4.31. The molecule has 0 bridgehead atoms. The summed E-state index contributed by atoms with van der Waals surface area (Å²) in [7, 11) is 0. The molecule has 0 fully saturated rings. The number of alkyl halides is 4. The predicted octanol–water partition coefficient (Wildman–Crippen LogP) is 4.27. The topological polar surface area (TPSA) is 9.23 Å². The van der Waals surface area contributed by atoms with Crippen molar-refractivity contribution in [2.75, 3.05) is 11.0 Å². The first kappa shape index (κ1) is 14.7. The largest absolute Gasteiger partial charge is 0.391 e. The van der Waals surface area contributed by atoms with Crippen molar-refractivity contribution in [3.05, 3.63) is 35.6 Å². The summed E-state index contributed by atoms with van der Waals surface area (Å²) in [5, 5.41) is 0. The lowest BCUT2D eigenvalue weighted by atomic mass is 10.1. The predicted molar refractivity (Wildman–Crippen MR) is 64.7 cm³/mol. The van der Waals surface area contributed by atoms with Gasteiger partial charge in [0.1, 0.15) is 5.82 Å². The van der Waals surface area contributed by atoms with E-state index in [9.17, 15) is 17.6 Å². The zero-order valence-corrected chi connectivity index (χ0v) is 11.0. The molecule has 0 aliphatic rings. The summed E-state index contributed by atoms with van der Waals surface area (Å²) in [5.41, 5.74) is 0.683. The van der Waals surface area contributed by atoms with E-state index >= 15 is 0 Å². The van der Waals surface area contributed by atoms with E-state index in [0.29, 0.717) is 9.99 Å². The number of hydrogen-bond acceptors (Lipinski definition) is 1. The molecule has 0 aliphatic carbocycles. The van der Waals surface area contributed by atoms with E-state index in [1.54, 1.807) is 0 Å². The molecule has 1 rings (SSSR count). The monoisotopic (exact) mass is 362 g/mol. The number of ether oxygens (including phenoxy) is 1. The minimum Gasteiger partial charge on any atom is -0.372 e. The van der Waals surface area contributed by atoms with E-state index in [2.05, 4.69) is 0 Å². The van der Waals surface area contributed by atoms with Gasteiger partial charge in [0.15, 0.2) is 0 Å². The van der Waals surface area contributed by atoms with Gasteiger partial charge in [0, 0.05) is 4.43 Å². The maximum absolute atomic E-state index is 12.7. The molecule has 1 nitrogen and oxygen atoms in total. The van der Waals surface area contributed by atoms with Gasteiger partial charge in [-0.25, -0.2) is 4.39 Å². The second kappa shape index (κ2) is 6.53. The van der Waals surface area contributed by atoms with Crippen LogP contribution in [0.4, 0.5) is 17.6 Å². The average molecular weight is 362 g/mol. The van der Waals surface area contributed by atoms with Crippen molar-refractivity contribution in [1.82, 2.24) is 0 Å². The summed E-state index contributed by atoms with van der Waals surface area (Å²) in [6.07, 6.45) is -5.61. The molecule has 1 aromatic rings. The SMILES string of the molecule is Fc1ccc(C(CI)OCCC(F)(F)F)cc1. The molecule has 0 heterocycles. The van der Waals surface area contributed by atoms with Gasteiger partial charge >= 0.3 is 6.18 Å². The highest BCUT2D eigenvalue weighted by Gasteiger charge is 2.27. The van der Waals surface area contributed by atoms with Crippen molar-refractivity contribution in [2.24, 2.45) is 0 Å². The zero-order chi connectivity index (χ0) is 12.9. The third kappa shape index (κ3) is 5.67. The van der Waals surface area contributed by atoms with E-state index in [1.165, 1.54) is 24.3 Å². The molecule has 1 unspecified atom stereocenters. The molecular formula is C11H11F4IO. The minimum atomic E-state index is -4.21. The lowest BCUT2D eigenvalue weighted by molar-refractivity contribution is -0.148. The molecule has 0 N–H and O–H groups in total. The van der Waals surface area contributed by atoms with Crippen LogP contribution in [-0.4, -0.2) is 17.2 Å². The van der Waals surface area contributed by atoms with Gasteiger partial charge in [-0.05, 0) is 17.7 Å². The molecular weight excluding hydrogens is 351 g/mol. The van der Waals surface area contributed by atoms with Gasteiger partial charge in [0.25, 0.3) is 0 Å². The van der Waals surface area contributed by atoms with Crippen LogP contribution in [0.5, 0.6) is 0 Å². The molecule has 0 spiro atoms. The van der Waals surface area contributed by atoms with Crippen LogP contribution in [0.2, 0.25) is 0 Å². The van der Waals surface area contributed by atoms with Crippen LogP contribution in [0.25, 0.3) is 0 Å². The standard InChI is InChI=1S/C11H11F4IO/c12-9-3-1-8(2-4-9)10(7-16)17-6-5-11(13,14)15/h1-4,10H,5-7H2. The summed E-state index contributed by atoms with van der Waals surface area (Å²) < 4.78 is 54.1. The third-order valence-corrected chi connectivity index (χ3v) is 2.89. The zero-order valence-electron chi connectivity index (χ0n) is 8.81. The first-order chi connectivity index (χ1) is 7.92. The van der Waals surface area contributed by atoms with Crippen molar-refractivity contribution in [1.29, 1.82) is 0 Å². The number of benzene rings is 1. The highest BCUT2D eigenvalue weighted by Crippen LogP contribution is 2.24. The smallest absolute Gasteiger partial charge is 0.372 e. The van der Waals surface area contributed by atoms with Gasteiger partial charge in [-0.3, -0.25) is 0 Å². The Hall–Kier alpha value is -0.370. The fourth-order valence-corrected chi connectivity index (χ4v) is 1.99. The van der Waals surface area contributed by atoms with Crippen LogP contribution < -0.4 is 0 Å².